The first-order valence-electron chi connectivity index (χ1n) is 4.52. The van der Waals surface area contributed by atoms with E-state index in [9.17, 15) is 0 Å². The molecule has 13 heavy (non-hydrogen) atoms. The van der Waals surface area contributed by atoms with Gasteiger partial charge >= 0.3 is 0 Å². The Labute approximate surface area is 84.2 Å². The van der Waals surface area contributed by atoms with E-state index in [2.05, 4.69) is 31.4 Å². The highest BCUT2D eigenvalue weighted by molar-refractivity contribution is 7.98. The molecule has 0 spiro atoms. The minimum Gasteiger partial charge on any atom is -0.396 e. The highest BCUT2D eigenvalue weighted by atomic mass is 32.2. The summed E-state index contributed by atoms with van der Waals surface area (Å²) in [5.41, 5.74) is 2.69. The van der Waals surface area contributed by atoms with Crippen molar-refractivity contribution in [2.45, 2.75) is 24.7 Å². The number of thioether (sulfide) groups is 1. The predicted molar refractivity (Wildman–Crippen MR) is 58.4 cm³/mol. The number of aliphatic hydroxyl groups excluding tert-OH is 1. The largest absolute Gasteiger partial charge is 0.396 e. The molecular formula is C11H16OS. The summed E-state index contributed by atoms with van der Waals surface area (Å²) in [6.07, 6.45) is 3.93. The van der Waals surface area contributed by atoms with Gasteiger partial charge in [-0.25, -0.2) is 0 Å². The molecule has 1 nitrogen and oxygen atoms in total. The third-order valence-corrected chi connectivity index (χ3v) is 2.88. The smallest absolute Gasteiger partial charge is 0.0434 e. The number of benzene rings is 1. The molecule has 0 aliphatic carbocycles. The summed E-state index contributed by atoms with van der Waals surface area (Å²) in [5.74, 6) is 0. The second-order valence-electron chi connectivity index (χ2n) is 3.12. The van der Waals surface area contributed by atoms with Crippen molar-refractivity contribution in [3.8, 4) is 0 Å². The molecule has 0 heterocycles. The zero-order valence-corrected chi connectivity index (χ0v) is 9.03. The standard InChI is InChI=1S/C11H16OS/c1-9-8-11(13-2)6-5-10(9)4-3-7-12/h5-6,8,12H,3-4,7H2,1-2H3. The summed E-state index contributed by atoms with van der Waals surface area (Å²) >= 11 is 1.77. The third-order valence-electron chi connectivity index (χ3n) is 2.15. The van der Waals surface area contributed by atoms with Crippen molar-refractivity contribution >= 4 is 11.8 Å². The molecule has 0 atom stereocenters. The summed E-state index contributed by atoms with van der Waals surface area (Å²) in [5, 5.41) is 8.72. The van der Waals surface area contributed by atoms with Crippen LogP contribution >= 0.6 is 11.8 Å². The van der Waals surface area contributed by atoms with E-state index in [0.717, 1.165) is 12.8 Å². The first-order chi connectivity index (χ1) is 6.27. The molecule has 0 amide bonds. The maximum atomic E-state index is 8.72. The number of rotatable bonds is 4. The van der Waals surface area contributed by atoms with Crippen LogP contribution in [0, 0.1) is 6.92 Å². The van der Waals surface area contributed by atoms with Gasteiger partial charge in [0.25, 0.3) is 0 Å². The van der Waals surface area contributed by atoms with Crippen molar-refractivity contribution in [3.05, 3.63) is 29.3 Å². The quantitative estimate of drug-likeness (QED) is 0.747. The molecule has 0 fully saturated rings. The third kappa shape index (κ3) is 3.05. The van der Waals surface area contributed by atoms with Gasteiger partial charge in [-0.3, -0.25) is 0 Å². The van der Waals surface area contributed by atoms with Crippen LogP contribution in [0.5, 0.6) is 0 Å². The molecular weight excluding hydrogens is 180 g/mol. The van der Waals surface area contributed by atoms with Crippen LogP contribution in [0.3, 0.4) is 0 Å². The summed E-state index contributed by atoms with van der Waals surface area (Å²) in [7, 11) is 0. The molecule has 0 saturated carbocycles. The van der Waals surface area contributed by atoms with Gasteiger partial charge in [0.05, 0.1) is 0 Å². The second kappa shape index (κ2) is 5.30. The summed E-state index contributed by atoms with van der Waals surface area (Å²) in [6.45, 7) is 2.41. The molecule has 0 aliphatic rings. The number of aliphatic hydroxyl groups is 1. The fourth-order valence-corrected chi connectivity index (χ4v) is 1.84. The molecule has 72 valence electrons. The summed E-state index contributed by atoms with van der Waals surface area (Å²) in [6, 6.07) is 6.51. The van der Waals surface area contributed by atoms with Crippen molar-refractivity contribution < 1.29 is 5.11 Å². The van der Waals surface area contributed by atoms with Crippen LogP contribution in [0.25, 0.3) is 0 Å². The Balaban J connectivity index is 2.73. The van der Waals surface area contributed by atoms with Crippen LogP contribution in [0.2, 0.25) is 0 Å². The Morgan fingerprint density at radius 3 is 2.69 bits per heavy atom. The Kier molecular flexibility index (Phi) is 4.33. The van der Waals surface area contributed by atoms with Gasteiger partial charge in [-0.2, -0.15) is 0 Å². The second-order valence-corrected chi connectivity index (χ2v) is 4.00. The maximum Gasteiger partial charge on any atom is 0.0434 e. The lowest BCUT2D eigenvalue weighted by Gasteiger charge is -2.06. The van der Waals surface area contributed by atoms with E-state index in [1.54, 1.807) is 11.8 Å². The zero-order chi connectivity index (χ0) is 9.68. The number of aryl methyl sites for hydroxylation is 2. The van der Waals surface area contributed by atoms with Gasteiger partial charge < -0.3 is 5.11 Å². The van der Waals surface area contributed by atoms with E-state index >= 15 is 0 Å². The van der Waals surface area contributed by atoms with E-state index in [4.69, 9.17) is 5.11 Å². The molecule has 1 rings (SSSR count). The van der Waals surface area contributed by atoms with Crippen LogP contribution in [-0.2, 0) is 6.42 Å². The molecule has 0 radical (unpaired) electrons. The zero-order valence-electron chi connectivity index (χ0n) is 8.21. The lowest BCUT2D eigenvalue weighted by Crippen LogP contribution is -1.92. The maximum absolute atomic E-state index is 8.72. The Bertz CT molecular complexity index is 271. The number of hydrogen-bond donors (Lipinski definition) is 1. The minimum absolute atomic E-state index is 0.281. The van der Waals surface area contributed by atoms with E-state index in [1.165, 1.54) is 16.0 Å². The summed E-state index contributed by atoms with van der Waals surface area (Å²) in [4.78, 5) is 1.31. The van der Waals surface area contributed by atoms with E-state index in [-0.39, 0.29) is 6.61 Å². The van der Waals surface area contributed by atoms with Gasteiger partial charge in [0, 0.05) is 11.5 Å². The van der Waals surface area contributed by atoms with Crippen molar-refractivity contribution in [3.63, 3.8) is 0 Å². The van der Waals surface area contributed by atoms with Gasteiger partial charge in [0.1, 0.15) is 0 Å². The topological polar surface area (TPSA) is 20.2 Å². The minimum atomic E-state index is 0.281. The first kappa shape index (κ1) is 10.6. The highest BCUT2D eigenvalue weighted by Gasteiger charge is 1.98. The van der Waals surface area contributed by atoms with Crippen molar-refractivity contribution in [2.24, 2.45) is 0 Å². The van der Waals surface area contributed by atoms with E-state index in [1.807, 2.05) is 0 Å². The SMILES string of the molecule is CSc1ccc(CCCO)c(C)c1. The van der Waals surface area contributed by atoms with Gasteiger partial charge in [-0.05, 0) is 49.3 Å². The van der Waals surface area contributed by atoms with Crippen molar-refractivity contribution in [1.82, 2.24) is 0 Å². The lowest BCUT2D eigenvalue weighted by molar-refractivity contribution is 0.288. The predicted octanol–water partition coefficient (Wildman–Crippen LogP) is 2.64. The van der Waals surface area contributed by atoms with Gasteiger partial charge in [-0.1, -0.05) is 6.07 Å². The highest BCUT2D eigenvalue weighted by Crippen LogP contribution is 2.19. The van der Waals surface area contributed by atoms with E-state index < -0.39 is 0 Å². The van der Waals surface area contributed by atoms with Crippen LogP contribution in [0.15, 0.2) is 23.1 Å². The van der Waals surface area contributed by atoms with Gasteiger partial charge in [-0.15, -0.1) is 11.8 Å². The Morgan fingerprint density at radius 2 is 2.15 bits per heavy atom. The van der Waals surface area contributed by atoms with Crippen LogP contribution in [0.1, 0.15) is 17.5 Å². The Hall–Kier alpha value is -0.470. The molecule has 0 aromatic heterocycles. The van der Waals surface area contributed by atoms with Crippen molar-refractivity contribution in [1.29, 1.82) is 0 Å². The van der Waals surface area contributed by atoms with Gasteiger partial charge in [0.2, 0.25) is 0 Å². The molecule has 1 N–H and O–H groups in total. The van der Waals surface area contributed by atoms with Crippen LogP contribution < -0.4 is 0 Å². The molecule has 0 bridgehead atoms. The lowest BCUT2D eigenvalue weighted by atomic mass is 10.0. The normalized spacial score (nSPS) is 10.4. The average molecular weight is 196 g/mol. The molecule has 0 unspecified atom stereocenters. The monoisotopic (exact) mass is 196 g/mol. The number of hydrogen-bond acceptors (Lipinski definition) is 2. The molecule has 1 aromatic carbocycles. The molecule has 1 aromatic rings. The fraction of sp³-hybridized carbons (Fsp3) is 0.455. The van der Waals surface area contributed by atoms with Crippen LogP contribution in [0.4, 0.5) is 0 Å². The first-order valence-corrected chi connectivity index (χ1v) is 5.74. The molecule has 0 aliphatic heterocycles. The Morgan fingerprint density at radius 1 is 1.38 bits per heavy atom. The fourth-order valence-electron chi connectivity index (χ4n) is 1.35. The summed E-state index contributed by atoms with van der Waals surface area (Å²) < 4.78 is 0. The molecule has 0 saturated heterocycles. The van der Waals surface area contributed by atoms with Crippen molar-refractivity contribution in [2.75, 3.05) is 12.9 Å². The van der Waals surface area contributed by atoms with E-state index in [0.29, 0.717) is 0 Å². The van der Waals surface area contributed by atoms with Crippen LogP contribution in [-0.4, -0.2) is 18.0 Å². The average Bonchev–Trinajstić information content (AvgIpc) is 2.16. The van der Waals surface area contributed by atoms with Gasteiger partial charge in [0.15, 0.2) is 0 Å². The molecule has 2 heteroatoms.